The van der Waals surface area contributed by atoms with Crippen LogP contribution >= 0.6 is 23.4 Å². The standard InChI is InChI=1S/C27H28ClN5O5S/c1-4-37-24(34)16-39-27-29-31-33(30-27)14-12-22-21-8-6-13-32(21)20-11-10-17(28)15-19(20)25(38-22)18-7-5-9-23(35-2)26(18)36-3/h5-11,13,15,22,25H,4,12,14,16H2,1-3H3/t22-,25-/m1/s1. The molecule has 0 bridgehead atoms. The molecule has 0 aliphatic carbocycles. The molecule has 39 heavy (non-hydrogen) atoms. The van der Waals surface area contributed by atoms with Gasteiger partial charge in [0, 0.05) is 28.8 Å². The number of hydrogen-bond donors (Lipinski definition) is 0. The number of benzene rings is 2. The topological polar surface area (TPSA) is 103 Å². The van der Waals surface area contributed by atoms with Gasteiger partial charge in [0.15, 0.2) is 11.5 Å². The van der Waals surface area contributed by atoms with Gasteiger partial charge in [-0.25, -0.2) is 0 Å². The minimum atomic E-state index is -0.493. The zero-order chi connectivity index (χ0) is 27.4. The van der Waals surface area contributed by atoms with Gasteiger partial charge in [-0.05, 0) is 48.5 Å². The fourth-order valence-corrected chi connectivity index (χ4v) is 5.41. The second kappa shape index (κ2) is 12.1. The van der Waals surface area contributed by atoms with E-state index in [4.69, 9.17) is 30.5 Å². The number of aromatic nitrogens is 5. The average Bonchev–Trinajstić information content (AvgIpc) is 3.59. The lowest BCUT2D eigenvalue weighted by molar-refractivity contribution is -0.139. The van der Waals surface area contributed by atoms with Crippen LogP contribution in [0.2, 0.25) is 5.02 Å². The number of para-hydroxylation sites is 1. The average molecular weight is 570 g/mol. The van der Waals surface area contributed by atoms with Crippen molar-refractivity contribution in [1.29, 1.82) is 0 Å². The predicted molar refractivity (Wildman–Crippen MR) is 146 cm³/mol. The maximum atomic E-state index is 11.7. The number of nitrogens with zero attached hydrogens (tertiary/aromatic N) is 5. The van der Waals surface area contributed by atoms with Crippen molar-refractivity contribution in [3.63, 3.8) is 0 Å². The summed E-state index contributed by atoms with van der Waals surface area (Å²) < 4.78 is 25.3. The van der Waals surface area contributed by atoms with Crippen LogP contribution in [0.3, 0.4) is 0 Å². The number of hydrogen-bond acceptors (Lipinski definition) is 9. The fraction of sp³-hybridized carbons (Fsp3) is 0.333. The third-order valence-corrected chi connectivity index (χ3v) is 7.34. The number of aryl methyl sites for hydroxylation is 1. The Morgan fingerprint density at radius 1 is 1.13 bits per heavy atom. The van der Waals surface area contributed by atoms with E-state index in [1.54, 1.807) is 21.1 Å². The summed E-state index contributed by atoms with van der Waals surface area (Å²) in [5.74, 6) is 1.03. The Kier molecular flexibility index (Phi) is 8.39. The molecule has 1 aliphatic rings. The van der Waals surface area contributed by atoms with Crippen LogP contribution in [-0.2, 0) is 20.8 Å². The monoisotopic (exact) mass is 569 g/mol. The van der Waals surface area contributed by atoms with Crippen LogP contribution in [0.25, 0.3) is 5.69 Å². The summed E-state index contributed by atoms with van der Waals surface area (Å²) in [6.07, 6.45) is 1.76. The first-order valence-electron chi connectivity index (χ1n) is 12.4. The molecule has 0 N–H and O–H groups in total. The smallest absolute Gasteiger partial charge is 0.316 e. The van der Waals surface area contributed by atoms with E-state index in [1.165, 1.54) is 16.6 Å². The molecule has 204 valence electrons. The van der Waals surface area contributed by atoms with Crippen molar-refractivity contribution in [2.45, 2.75) is 37.3 Å². The Bertz CT molecular complexity index is 1460. The molecular weight excluding hydrogens is 542 g/mol. The second-order valence-corrected chi connectivity index (χ2v) is 10.0. The van der Waals surface area contributed by atoms with Crippen LogP contribution in [0, 0.1) is 0 Å². The van der Waals surface area contributed by atoms with Gasteiger partial charge in [0.1, 0.15) is 12.2 Å². The minimum absolute atomic E-state index is 0.129. The quantitative estimate of drug-likeness (QED) is 0.192. The minimum Gasteiger partial charge on any atom is -0.493 e. The van der Waals surface area contributed by atoms with E-state index in [1.807, 2.05) is 54.7 Å². The Balaban J connectivity index is 1.45. The predicted octanol–water partition coefficient (Wildman–Crippen LogP) is 5.04. The lowest BCUT2D eigenvalue weighted by Gasteiger charge is -2.25. The Hall–Kier alpha value is -3.54. The van der Waals surface area contributed by atoms with Crippen LogP contribution in [0.1, 0.15) is 42.4 Å². The van der Waals surface area contributed by atoms with Crippen LogP contribution in [0.4, 0.5) is 0 Å². The molecule has 3 heterocycles. The number of fused-ring (bicyclic) bond motifs is 3. The van der Waals surface area contributed by atoms with Gasteiger partial charge in [-0.1, -0.05) is 35.5 Å². The van der Waals surface area contributed by atoms with Gasteiger partial charge in [0.05, 0.1) is 44.5 Å². The maximum absolute atomic E-state index is 11.7. The zero-order valence-corrected chi connectivity index (χ0v) is 23.3. The zero-order valence-electron chi connectivity index (χ0n) is 21.7. The van der Waals surface area contributed by atoms with Gasteiger partial charge in [0.2, 0.25) is 5.16 Å². The van der Waals surface area contributed by atoms with Crippen molar-refractivity contribution in [3.05, 3.63) is 76.6 Å². The molecule has 0 saturated carbocycles. The SMILES string of the molecule is CCOC(=O)CSc1nnn(CC[C@H]2O[C@H](c3cccc(OC)c3OC)c3cc(Cl)ccc3-n3cccc32)n1. The number of tetrazole rings is 1. The highest BCUT2D eigenvalue weighted by atomic mass is 35.5. The van der Waals surface area contributed by atoms with Crippen LogP contribution < -0.4 is 9.47 Å². The van der Waals surface area contributed by atoms with Gasteiger partial charge in [-0.2, -0.15) is 4.80 Å². The van der Waals surface area contributed by atoms with Gasteiger partial charge in [-0.3, -0.25) is 4.79 Å². The Morgan fingerprint density at radius 3 is 2.79 bits per heavy atom. The molecule has 0 saturated heterocycles. The van der Waals surface area contributed by atoms with Crippen molar-refractivity contribution in [2.24, 2.45) is 0 Å². The Labute approximate surface area is 235 Å². The normalized spacial score (nSPS) is 16.2. The van der Waals surface area contributed by atoms with E-state index in [0.29, 0.717) is 41.3 Å². The molecule has 4 aromatic rings. The molecule has 5 rings (SSSR count). The summed E-state index contributed by atoms with van der Waals surface area (Å²) >= 11 is 7.67. The molecule has 1 aliphatic heterocycles. The highest BCUT2D eigenvalue weighted by molar-refractivity contribution is 7.99. The van der Waals surface area contributed by atoms with Crippen molar-refractivity contribution in [1.82, 2.24) is 24.8 Å². The lowest BCUT2D eigenvalue weighted by Crippen LogP contribution is -2.15. The molecule has 2 aromatic heterocycles. The molecule has 0 amide bonds. The number of ether oxygens (including phenoxy) is 4. The first kappa shape index (κ1) is 27.0. The highest BCUT2D eigenvalue weighted by Crippen LogP contribution is 2.46. The number of esters is 1. The molecule has 2 atom stereocenters. The van der Waals surface area contributed by atoms with Gasteiger partial charge < -0.3 is 23.5 Å². The third-order valence-electron chi connectivity index (χ3n) is 6.31. The van der Waals surface area contributed by atoms with E-state index < -0.39 is 6.10 Å². The maximum Gasteiger partial charge on any atom is 0.316 e. The van der Waals surface area contributed by atoms with Crippen molar-refractivity contribution >= 4 is 29.3 Å². The number of halogens is 1. The summed E-state index contributed by atoms with van der Waals surface area (Å²) in [6, 6.07) is 15.6. The van der Waals surface area contributed by atoms with E-state index in [0.717, 1.165) is 22.5 Å². The summed E-state index contributed by atoms with van der Waals surface area (Å²) in [5, 5.41) is 13.6. The van der Waals surface area contributed by atoms with Crippen molar-refractivity contribution < 1.29 is 23.7 Å². The molecule has 0 spiro atoms. The summed E-state index contributed by atoms with van der Waals surface area (Å²) in [6.45, 7) is 2.55. The van der Waals surface area contributed by atoms with Crippen LogP contribution in [-0.4, -0.2) is 57.3 Å². The van der Waals surface area contributed by atoms with Gasteiger partial charge in [-0.15, -0.1) is 10.2 Å². The summed E-state index contributed by atoms with van der Waals surface area (Å²) in [5.41, 5.74) is 3.69. The molecule has 10 nitrogen and oxygen atoms in total. The van der Waals surface area contributed by atoms with Crippen molar-refractivity contribution in [3.8, 4) is 17.2 Å². The summed E-state index contributed by atoms with van der Waals surface area (Å²) in [7, 11) is 3.23. The molecule has 0 radical (unpaired) electrons. The van der Waals surface area contributed by atoms with E-state index in [-0.39, 0.29) is 17.8 Å². The molecule has 2 aromatic carbocycles. The van der Waals surface area contributed by atoms with E-state index in [9.17, 15) is 4.79 Å². The number of carbonyl (C=O) groups is 1. The van der Waals surface area contributed by atoms with Gasteiger partial charge in [0.25, 0.3) is 0 Å². The first-order chi connectivity index (χ1) is 19.0. The second-order valence-electron chi connectivity index (χ2n) is 8.64. The van der Waals surface area contributed by atoms with E-state index in [2.05, 4.69) is 20.0 Å². The molecule has 0 unspecified atom stereocenters. The largest absolute Gasteiger partial charge is 0.493 e. The van der Waals surface area contributed by atoms with Crippen LogP contribution in [0.15, 0.2) is 59.9 Å². The van der Waals surface area contributed by atoms with Crippen LogP contribution in [0.5, 0.6) is 11.5 Å². The number of methoxy groups -OCH3 is 2. The highest BCUT2D eigenvalue weighted by Gasteiger charge is 2.33. The number of thioether (sulfide) groups is 1. The van der Waals surface area contributed by atoms with Crippen molar-refractivity contribution in [2.75, 3.05) is 26.6 Å². The summed E-state index contributed by atoms with van der Waals surface area (Å²) in [4.78, 5) is 13.2. The lowest BCUT2D eigenvalue weighted by atomic mass is 9.98. The fourth-order valence-electron chi connectivity index (χ4n) is 4.65. The number of carbonyl (C=O) groups excluding carboxylic acids is 1. The number of rotatable bonds is 10. The molecule has 0 fully saturated rings. The Morgan fingerprint density at radius 2 is 2.00 bits per heavy atom. The first-order valence-corrected chi connectivity index (χ1v) is 13.8. The molecular formula is C27H28ClN5O5S. The third kappa shape index (κ3) is 5.75. The van der Waals surface area contributed by atoms with E-state index >= 15 is 0 Å². The molecule has 12 heteroatoms. The van der Waals surface area contributed by atoms with Gasteiger partial charge >= 0.3 is 5.97 Å².